The summed E-state index contributed by atoms with van der Waals surface area (Å²) in [5.41, 5.74) is 4.76. The van der Waals surface area contributed by atoms with Gasteiger partial charge in [0.05, 0.1) is 0 Å². The van der Waals surface area contributed by atoms with Crippen molar-refractivity contribution in [1.29, 1.82) is 0 Å². The maximum atomic E-state index is 4.39. The average molecular weight is 270 g/mol. The number of anilines is 3. The highest BCUT2D eigenvalue weighted by molar-refractivity contribution is 5.65. The van der Waals surface area contributed by atoms with Gasteiger partial charge in [0.25, 0.3) is 0 Å². The second-order valence-electron chi connectivity index (χ2n) is 4.97. The summed E-state index contributed by atoms with van der Waals surface area (Å²) in [6.45, 7) is 6.39. The lowest BCUT2D eigenvalue weighted by molar-refractivity contribution is 0.905. The van der Waals surface area contributed by atoms with Gasteiger partial charge in [0.2, 0.25) is 0 Å². The summed E-state index contributed by atoms with van der Waals surface area (Å²) in [4.78, 5) is 8.68. The minimum Gasteiger partial charge on any atom is -0.373 e. The van der Waals surface area contributed by atoms with Gasteiger partial charge in [-0.25, -0.2) is 9.97 Å². The highest BCUT2D eigenvalue weighted by atomic mass is 15.1. The first kappa shape index (κ1) is 14.3. The molecule has 4 heteroatoms. The lowest BCUT2D eigenvalue weighted by atomic mass is 10.1. The molecule has 1 aromatic carbocycles. The molecule has 106 valence electrons. The summed E-state index contributed by atoms with van der Waals surface area (Å²) in [5, 5.41) is 6.54. The van der Waals surface area contributed by atoms with Crippen LogP contribution in [0, 0.1) is 13.8 Å². The van der Waals surface area contributed by atoms with E-state index in [0.29, 0.717) is 0 Å². The van der Waals surface area contributed by atoms with Gasteiger partial charge < -0.3 is 10.6 Å². The SMILES string of the molecule is CCCc1c(NC)ncnc1Nc1ccc(C)c(C)c1. The van der Waals surface area contributed by atoms with Gasteiger partial charge in [0, 0.05) is 18.3 Å². The second-order valence-corrected chi connectivity index (χ2v) is 4.97. The molecule has 0 fully saturated rings. The van der Waals surface area contributed by atoms with E-state index >= 15 is 0 Å². The van der Waals surface area contributed by atoms with Crippen molar-refractivity contribution in [2.45, 2.75) is 33.6 Å². The van der Waals surface area contributed by atoms with Gasteiger partial charge in [0.15, 0.2) is 0 Å². The van der Waals surface area contributed by atoms with Crippen molar-refractivity contribution in [3.05, 3.63) is 41.2 Å². The van der Waals surface area contributed by atoms with Crippen molar-refractivity contribution in [2.24, 2.45) is 0 Å². The lowest BCUT2D eigenvalue weighted by Crippen LogP contribution is -2.05. The van der Waals surface area contributed by atoms with Crippen molar-refractivity contribution in [1.82, 2.24) is 9.97 Å². The molecular weight excluding hydrogens is 248 g/mol. The summed E-state index contributed by atoms with van der Waals surface area (Å²) in [5.74, 6) is 1.78. The topological polar surface area (TPSA) is 49.8 Å². The first-order valence-electron chi connectivity index (χ1n) is 7.01. The van der Waals surface area contributed by atoms with E-state index in [1.165, 1.54) is 11.1 Å². The number of rotatable bonds is 5. The highest BCUT2D eigenvalue weighted by Crippen LogP contribution is 2.25. The Balaban J connectivity index is 2.34. The molecule has 0 saturated heterocycles. The fourth-order valence-corrected chi connectivity index (χ4v) is 2.18. The van der Waals surface area contributed by atoms with Crippen molar-refractivity contribution in [3.8, 4) is 0 Å². The van der Waals surface area contributed by atoms with Crippen LogP contribution >= 0.6 is 0 Å². The average Bonchev–Trinajstić information content (AvgIpc) is 2.45. The molecule has 0 aliphatic rings. The molecular formula is C16H22N4. The minimum atomic E-state index is 0.884. The van der Waals surface area contributed by atoms with E-state index in [1.807, 2.05) is 7.05 Å². The molecule has 0 radical (unpaired) electrons. The standard InChI is InChI=1S/C16H22N4/c1-5-6-14-15(17-4)18-10-19-16(14)20-13-8-7-11(2)12(3)9-13/h7-10H,5-6H2,1-4H3,(H2,17,18,19,20). The normalized spacial score (nSPS) is 10.4. The molecule has 20 heavy (non-hydrogen) atoms. The molecule has 0 aliphatic heterocycles. The molecule has 0 atom stereocenters. The van der Waals surface area contributed by atoms with Crippen LogP contribution in [-0.2, 0) is 6.42 Å². The van der Waals surface area contributed by atoms with Crippen LogP contribution in [0.4, 0.5) is 17.3 Å². The Kier molecular flexibility index (Phi) is 4.56. The van der Waals surface area contributed by atoms with Gasteiger partial charge >= 0.3 is 0 Å². The molecule has 0 bridgehead atoms. The fraction of sp³-hybridized carbons (Fsp3) is 0.375. The summed E-state index contributed by atoms with van der Waals surface area (Å²) in [6.07, 6.45) is 3.60. The van der Waals surface area contributed by atoms with Crippen LogP contribution in [0.5, 0.6) is 0 Å². The molecule has 0 amide bonds. The Labute approximate surface area is 120 Å². The smallest absolute Gasteiger partial charge is 0.139 e. The number of aromatic nitrogens is 2. The number of nitrogens with one attached hydrogen (secondary N) is 2. The summed E-state index contributed by atoms with van der Waals surface area (Å²) < 4.78 is 0. The van der Waals surface area contributed by atoms with Crippen LogP contribution < -0.4 is 10.6 Å². The van der Waals surface area contributed by atoms with E-state index in [9.17, 15) is 0 Å². The molecule has 0 aliphatic carbocycles. The molecule has 0 spiro atoms. The Morgan fingerprint density at radius 3 is 2.45 bits per heavy atom. The third kappa shape index (κ3) is 3.07. The van der Waals surface area contributed by atoms with Crippen molar-refractivity contribution >= 4 is 17.3 Å². The number of nitrogens with zero attached hydrogens (tertiary/aromatic N) is 2. The van der Waals surface area contributed by atoms with Crippen LogP contribution in [0.1, 0.15) is 30.0 Å². The zero-order chi connectivity index (χ0) is 14.5. The third-order valence-electron chi connectivity index (χ3n) is 3.45. The molecule has 1 aromatic heterocycles. The fourth-order valence-electron chi connectivity index (χ4n) is 2.18. The first-order chi connectivity index (χ1) is 9.65. The molecule has 0 unspecified atom stereocenters. The number of hydrogen-bond donors (Lipinski definition) is 2. The summed E-state index contributed by atoms with van der Waals surface area (Å²) in [6, 6.07) is 6.35. The zero-order valence-electron chi connectivity index (χ0n) is 12.6. The van der Waals surface area contributed by atoms with Crippen LogP contribution in [-0.4, -0.2) is 17.0 Å². The number of hydrogen-bond acceptors (Lipinski definition) is 4. The van der Waals surface area contributed by atoms with Crippen LogP contribution in [0.3, 0.4) is 0 Å². The number of aryl methyl sites for hydroxylation is 2. The highest BCUT2D eigenvalue weighted by Gasteiger charge is 2.10. The largest absolute Gasteiger partial charge is 0.373 e. The molecule has 2 rings (SSSR count). The van der Waals surface area contributed by atoms with Gasteiger partial charge in [-0.3, -0.25) is 0 Å². The third-order valence-corrected chi connectivity index (χ3v) is 3.45. The number of benzene rings is 1. The summed E-state index contributed by atoms with van der Waals surface area (Å²) in [7, 11) is 1.89. The van der Waals surface area contributed by atoms with Crippen molar-refractivity contribution in [2.75, 3.05) is 17.7 Å². The molecule has 0 saturated carbocycles. The van der Waals surface area contributed by atoms with Gasteiger partial charge in [-0.1, -0.05) is 19.4 Å². The molecule has 2 N–H and O–H groups in total. The lowest BCUT2D eigenvalue weighted by Gasteiger charge is -2.14. The predicted octanol–water partition coefficient (Wildman–Crippen LogP) is 3.83. The van der Waals surface area contributed by atoms with E-state index in [-0.39, 0.29) is 0 Å². The van der Waals surface area contributed by atoms with E-state index in [0.717, 1.165) is 35.7 Å². The van der Waals surface area contributed by atoms with Gasteiger partial charge in [-0.2, -0.15) is 0 Å². The summed E-state index contributed by atoms with van der Waals surface area (Å²) >= 11 is 0. The Hall–Kier alpha value is -2.10. The van der Waals surface area contributed by atoms with E-state index < -0.39 is 0 Å². The molecule has 2 aromatic rings. The Bertz CT molecular complexity index is 593. The zero-order valence-corrected chi connectivity index (χ0v) is 12.6. The monoisotopic (exact) mass is 270 g/mol. The van der Waals surface area contributed by atoms with E-state index in [1.54, 1.807) is 6.33 Å². The quantitative estimate of drug-likeness (QED) is 0.867. The first-order valence-corrected chi connectivity index (χ1v) is 7.01. The second kappa shape index (κ2) is 6.37. The predicted molar refractivity (Wildman–Crippen MR) is 84.8 cm³/mol. The Morgan fingerprint density at radius 1 is 1.05 bits per heavy atom. The van der Waals surface area contributed by atoms with Crippen LogP contribution in [0.2, 0.25) is 0 Å². The van der Waals surface area contributed by atoms with Crippen molar-refractivity contribution < 1.29 is 0 Å². The maximum Gasteiger partial charge on any atom is 0.139 e. The maximum absolute atomic E-state index is 4.39. The van der Waals surface area contributed by atoms with Gasteiger partial charge in [-0.05, 0) is 43.5 Å². The van der Waals surface area contributed by atoms with E-state index in [2.05, 4.69) is 59.6 Å². The minimum absolute atomic E-state index is 0.884. The van der Waals surface area contributed by atoms with E-state index in [4.69, 9.17) is 0 Å². The van der Waals surface area contributed by atoms with Crippen molar-refractivity contribution in [3.63, 3.8) is 0 Å². The van der Waals surface area contributed by atoms with Crippen LogP contribution in [0.25, 0.3) is 0 Å². The van der Waals surface area contributed by atoms with Gasteiger partial charge in [-0.15, -0.1) is 0 Å². The Morgan fingerprint density at radius 2 is 1.80 bits per heavy atom. The molecule has 4 nitrogen and oxygen atoms in total. The van der Waals surface area contributed by atoms with Crippen LogP contribution in [0.15, 0.2) is 24.5 Å². The van der Waals surface area contributed by atoms with Gasteiger partial charge in [0.1, 0.15) is 18.0 Å². The molecule has 1 heterocycles.